The Bertz CT molecular complexity index is 438. The predicted octanol–water partition coefficient (Wildman–Crippen LogP) is 2.45. The fourth-order valence-electron chi connectivity index (χ4n) is 3.36. The van der Waals surface area contributed by atoms with Crippen LogP contribution in [-0.4, -0.2) is 35.2 Å². The molecule has 112 valence electrons. The zero-order chi connectivity index (χ0) is 14.7. The Labute approximate surface area is 120 Å². The van der Waals surface area contributed by atoms with Crippen LogP contribution in [0.15, 0.2) is 24.3 Å². The van der Waals surface area contributed by atoms with Gasteiger partial charge in [0.1, 0.15) is 5.82 Å². The van der Waals surface area contributed by atoms with Crippen LogP contribution in [0.5, 0.6) is 0 Å². The van der Waals surface area contributed by atoms with Crippen LogP contribution in [0.4, 0.5) is 4.39 Å². The molecule has 1 aliphatic carbocycles. The molecule has 0 aliphatic heterocycles. The number of aliphatic hydroxyl groups excluding tert-OH is 1. The van der Waals surface area contributed by atoms with E-state index in [0.717, 1.165) is 25.7 Å². The van der Waals surface area contributed by atoms with Crippen molar-refractivity contribution in [2.45, 2.75) is 56.8 Å². The van der Waals surface area contributed by atoms with Crippen LogP contribution in [0.2, 0.25) is 0 Å². The maximum Gasteiger partial charge on any atom is 0.128 e. The maximum absolute atomic E-state index is 14.1. The van der Waals surface area contributed by atoms with E-state index >= 15 is 0 Å². The van der Waals surface area contributed by atoms with E-state index in [9.17, 15) is 9.50 Å². The molecule has 1 saturated carbocycles. The first kappa shape index (κ1) is 15.4. The minimum absolute atomic E-state index is 0.0550. The molecule has 1 fully saturated rings. The molecule has 3 nitrogen and oxygen atoms in total. The van der Waals surface area contributed by atoms with Gasteiger partial charge in [-0.3, -0.25) is 4.90 Å². The Morgan fingerprint density at radius 1 is 1.30 bits per heavy atom. The summed E-state index contributed by atoms with van der Waals surface area (Å²) >= 11 is 0. The van der Waals surface area contributed by atoms with E-state index in [0.29, 0.717) is 5.56 Å². The Balaban J connectivity index is 2.26. The lowest BCUT2D eigenvalue weighted by molar-refractivity contribution is 0.00719. The van der Waals surface area contributed by atoms with Crippen molar-refractivity contribution >= 4 is 0 Å². The molecular formula is C16H25FN2O. The van der Waals surface area contributed by atoms with Crippen LogP contribution < -0.4 is 5.73 Å². The summed E-state index contributed by atoms with van der Waals surface area (Å²) in [6.07, 6.45) is 3.58. The highest BCUT2D eigenvalue weighted by atomic mass is 19.1. The summed E-state index contributed by atoms with van der Waals surface area (Å²) in [6.45, 7) is 1.89. The van der Waals surface area contributed by atoms with Gasteiger partial charge < -0.3 is 10.8 Å². The fourth-order valence-corrected chi connectivity index (χ4v) is 3.36. The second kappa shape index (κ2) is 6.66. The third-order valence-corrected chi connectivity index (χ3v) is 4.38. The topological polar surface area (TPSA) is 49.5 Å². The van der Waals surface area contributed by atoms with Gasteiger partial charge in [-0.2, -0.15) is 0 Å². The zero-order valence-electron chi connectivity index (χ0n) is 12.3. The van der Waals surface area contributed by atoms with Gasteiger partial charge in [-0.05, 0) is 32.9 Å². The number of hydrogen-bond donors (Lipinski definition) is 2. The van der Waals surface area contributed by atoms with Gasteiger partial charge in [-0.1, -0.05) is 31.0 Å². The van der Waals surface area contributed by atoms with Crippen LogP contribution in [0.25, 0.3) is 0 Å². The monoisotopic (exact) mass is 280 g/mol. The van der Waals surface area contributed by atoms with Crippen LogP contribution in [0, 0.1) is 5.82 Å². The van der Waals surface area contributed by atoms with Crippen molar-refractivity contribution in [2.75, 3.05) is 7.05 Å². The molecule has 1 aliphatic rings. The minimum atomic E-state index is -0.346. The van der Waals surface area contributed by atoms with Gasteiger partial charge in [0.2, 0.25) is 0 Å². The number of nitrogens with two attached hydrogens (primary N) is 1. The summed E-state index contributed by atoms with van der Waals surface area (Å²) < 4.78 is 14.1. The standard InChI is InChI=1S/C16H25FN2O/c1-11(18)16(12-7-3-4-8-13(12)17)19(2)14-9-5-6-10-15(14)20/h3-4,7-8,11,14-16,20H,5-6,9-10,18H2,1-2H3. The summed E-state index contributed by atoms with van der Waals surface area (Å²) in [6, 6.07) is 6.41. The van der Waals surface area contributed by atoms with Gasteiger partial charge in [0.15, 0.2) is 0 Å². The van der Waals surface area contributed by atoms with Crippen molar-refractivity contribution in [2.24, 2.45) is 5.73 Å². The van der Waals surface area contributed by atoms with Gasteiger partial charge in [0.05, 0.1) is 12.1 Å². The number of aliphatic hydroxyl groups is 1. The molecule has 1 aromatic carbocycles. The number of nitrogens with zero attached hydrogens (tertiary/aromatic N) is 1. The molecule has 4 atom stereocenters. The third-order valence-electron chi connectivity index (χ3n) is 4.38. The van der Waals surface area contributed by atoms with Crippen LogP contribution in [-0.2, 0) is 0 Å². The number of hydrogen-bond acceptors (Lipinski definition) is 3. The molecule has 2 rings (SSSR count). The lowest BCUT2D eigenvalue weighted by Crippen LogP contribution is -2.49. The van der Waals surface area contributed by atoms with Crippen molar-refractivity contribution in [3.63, 3.8) is 0 Å². The van der Waals surface area contributed by atoms with Crippen LogP contribution >= 0.6 is 0 Å². The molecule has 0 saturated heterocycles. The highest BCUT2D eigenvalue weighted by Crippen LogP contribution is 2.31. The number of benzene rings is 1. The highest BCUT2D eigenvalue weighted by molar-refractivity contribution is 5.23. The molecular weight excluding hydrogens is 255 g/mol. The van der Waals surface area contributed by atoms with Crippen molar-refractivity contribution in [3.8, 4) is 0 Å². The number of halogens is 1. The first-order valence-electron chi connectivity index (χ1n) is 7.42. The Hall–Kier alpha value is -0.970. The van der Waals surface area contributed by atoms with Gasteiger partial charge in [-0.25, -0.2) is 4.39 Å². The van der Waals surface area contributed by atoms with Gasteiger partial charge in [0, 0.05) is 17.6 Å². The summed E-state index contributed by atoms with van der Waals surface area (Å²) in [5.74, 6) is -0.230. The van der Waals surface area contributed by atoms with Crippen molar-refractivity contribution < 1.29 is 9.50 Å². The largest absolute Gasteiger partial charge is 0.391 e. The molecule has 4 unspecified atom stereocenters. The van der Waals surface area contributed by atoms with Crippen LogP contribution in [0.1, 0.15) is 44.2 Å². The molecule has 20 heavy (non-hydrogen) atoms. The molecule has 1 aromatic rings. The quantitative estimate of drug-likeness (QED) is 0.890. The van der Waals surface area contributed by atoms with E-state index in [1.807, 2.05) is 20.0 Å². The smallest absolute Gasteiger partial charge is 0.128 e. The van der Waals surface area contributed by atoms with Gasteiger partial charge in [0.25, 0.3) is 0 Å². The fraction of sp³-hybridized carbons (Fsp3) is 0.625. The van der Waals surface area contributed by atoms with Crippen molar-refractivity contribution in [1.82, 2.24) is 4.90 Å². The van der Waals surface area contributed by atoms with Crippen molar-refractivity contribution in [1.29, 1.82) is 0 Å². The average molecular weight is 280 g/mol. The Morgan fingerprint density at radius 2 is 1.95 bits per heavy atom. The first-order valence-corrected chi connectivity index (χ1v) is 7.42. The molecule has 0 heterocycles. The number of rotatable bonds is 4. The molecule has 0 bridgehead atoms. The summed E-state index contributed by atoms with van der Waals surface area (Å²) in [4.78, 5) is 2.06. The minimum Gasteiger partial charge on any atom is -0.391 e. The van der Waals surface area contributed by atoms with E-state index in [2.05, 4.69) is 4.90 Å². The molecule has 0 spiro atoms. The Morgan fingerprint density at radius 3 is 2.55 bits per heavy atom. The number of likely N-dealkylation sites (N-methyl/N-ethyl adjacent to an activating group) is 1. The second-order valence-electron chi connectivity index (χ2n) is 5.91. The Kier molecular flexibility index (Phi) is 5.13. The molecule has 4 heteroatoms. The van der Waals surface area contributed by atoms with E-state index in [1.165, 1.54) is 6.07 Å². The maximum atomic E-state index is 14.1. The van der Waals surface area contributed by atoms with E-state index in [4.69, 9.17) is 5.73 Å². The van der Waals surface area contributed by atoms with E-state index < -0.39 is 0 Å². The molecule has 3 N–H and O–H groups in total. The first-order chi connectivity index (χ1) is 9.52. The SMILES string of the molecule is CC(N)C(c1ccccc1F)N(C)C1CCCCC1O. The molecule has 0 aromatic heterocycles. The lowest BCUT2D eigenvalue weighted by atomic mass is 9.88. The van der Waals surface area contributed by atoms with E-state index in [-0.39, 0.29) is 30.0 Å². The predicted molar refractivity (Wildman–Crippen MR) is 78.8 cm³/mol. The third kappa shape index (κ3) is 3.19. The normalized spacial score (nSPS) is 26.5. The summed E-state index contributed by atoms with van der Waals surface area (Å²) in [5.41, 5.74) is 6.71. The summed E-state index contributed by atoms with van der Waals surface area (Å²) in [7, 11) is 1.94. The van der Waals surface area contributed by atoms with E-state index in [1.54, 1.807) is 12.1 Å². The zero-order valence-corrected chi connectivity index (χ0v) is 12.3. The average Bonchev–Trinajstić information content (AvgIpc) is 2.41. The molecule has 0 radical (unpaired) electrons. The van der Waals surface area contributed by atoms with Crippen molar-refractivity contribution in [3.05, 3.63) is 35.6 Å². The van der Waals surface area contributed by atoms with Gasteiger partial charge in [-0.15, -0.1) is 0 Å². The second-order valence-corrected chi connectivity index (χ2v) is 5.91. The lowest BCUT2D eigenvalue weighted by Gasteiger charge is -2.41. The van der Waals surface area contributed by atoms with Gasteiger partial charge >= 0.3 is 0 Å². The highest BCUT2D eigenvalue weighted by Gasteiger charge is 2.33. The van der Waals surface area contributed by atoms with Crippen LogP contribution in [0.3, 0.4) is 0 Å². The summed E-state index contributed by atoms with van der Waals surface area (Å²) in [5, 5.41) is 10.2. The molecule has 0 amide bonds.